The monoisotopic (exact) mass is 505 g/mol. The van der Waals surface area contributed by atoms with Gasteiger partial charge in [-0.1, -0.05) is 30.3 Å². The number of hydrogen-bond donors (Lipinski definition) is 3. The molecular weight excluding hydrogens is 474 g/mol. The number of hydrogen-bond acceptors (Lipinski definition) is 9. The lowest BCUT2D eigenvalue weighted by atomic mass is 9.86. The van der Waals surface area contributed by atoms with Crippen LogP contribution in [0.5, 0.6) is 0 Å². The molecule has 0 fully saturated rings. The SMILES string of the molecule is CC[C@@]1(O)C(=O)OCc2c1cc1n(c2=O)Cc2c-1nc1ccccc1c2/C=N/OCCNCCCCN. The van der Waals surface area contributed by atoms with Gasteiger partial charge in [-0.25, -0.2) is 9.78 Å². The molecule has 0 aliphatic carbocycles. The van der Waals surface area contributed by atoms with Gasteiger partial charge >= 0.3 is 5.97 Å². The molecule has 1 aromatic carbocycles. The molecule has 0 spiro atoms. The molecule has 2 aromatic heterocycles. The molecule has 10 heteroatoms. The van der Waals surface area contributed by atoms with E-state index < -0.39 is 11.6 Å². The Labute approximate surface area is 214 Å². The highest BCUT2D eigenvalue weighted by atomic mass is 16.6. The van der Waals surface area contributed by atoms with Crippen molar-refractivity contribution < 1.29 is 19.5 Å². The van der Waals surface area contributed by atoms with Crippen molar-refractivity contribution >= 4 is 23.1 Å². The van der Waals surface area contributed by atoms with Gasteiger partial charge in [0.1, 0.15) is 13.2 Å². The van der Waals surface area contributed by atoms with Crippen LogP contribution in [0.15, 0.2) is 40.3 Å². The van der Waals surface area contributed by atoms with Crippen molar-refractivity contribution in [3.05, 3.63) is 62.9 Å². The minimum atomic E-state index is -1.86. The van der Waals surface area contributed by atoms with Crippen molar-refractivity contribution in [1.29, 1.82) is 0 Å². The van der Waals surface area contributed by atoms with Gasteiger partial charge in [0.2, 0.25) is 0 Å². The van der Waals surface area contributed by atoms with Crippen LogP contribution < -0.4 is 16.6 Å². The molecule has 4 N–H and O–H groups in total. The number of cyclic esters (lactones) is 1. The Morgan fingerprint density at radius 3 is 2.92 bits per heavy atom. The summed E-state index contributed by atoms with van der Waals surface area (Å²) in [5.41, 5.74) is 7.51. The minimum Gasteiger partial charge on any atom is -0.458 e. The van der Waals surface area contributed by atoms with Gasteiger partial charge in [0.15, 0.2) is 5.60 Å². The van der Waals surface area contributed by atoms with E-state index in [0.717, 1.165) is 41.4 Å². The first-order chi connectivity index (χ1) is 18.0. The van der Waals surface area contributed by atoms with Gasteiger partial charge in [-0.15, -0.1) is 0 Å². The second kappa shape index (κ2) is 10.4. The van der Waals surface area contributed by atoms with Gasteiger partial charge in [-0.05, 0) is 44.5 Å². The maximum atomic E-state index is 13.5. The molecule has 10 nitrogen and oxygen atoms in total. The number of para-hydroxylation sites is 1. The number of pyridine rings is 2. The fraction of sp³-hybridized carbons (Fsp3) is 0.407. The number of aliphatic hydroxyl groups is 1. The summed E-state index contributed by atoms with van der Waals surface area (Å²) in [7, 11) is 0. The van der Waals surface area contributed by atoms with Crippen LogP contribution in [-0.4, -0.2) is 53.1 Å². The molecule has 4 heterocycles. The average Bonchev–Trinajstić information content (AvgIpc) is 3.28. The third kappa shape index (κ3) is 4.41. The summed E-state index contributed by atoms with van der Waals surface area (Å²) < 4.78 is 6.78. The van der Waals surface area contributed by atoms with Gasteiger partial charge in [0, 0.05) is 28.6 Å². The zero-order chi connectivity index (χ0) is 26.0. The van der Waals surface area contributed by atoms with Crippen LogP contribution in [0, 0.1) is 0 Å². The van der Waals surface area contributed by atoms with Crippen molar-refractivity contribution in [3.63, 3.8) is 0 Å². The largest absolute Gasteiger partial charge is 0.458 e. The van der Waals surface area contributed by atoms with Crippen molar-refractivity contribution in [1.82, 2.24) is 14.9 Å². The molecule has 0 saturated carbocycles. The topological polar surface area (TPSA) is 141 Å². The molecule has 194 valence electrons. The van der Waals surface area contributed by atoms with E-state index in [1.807, 2.05) is 24.3 Å². The van der Waals surface area contributed by atoms with E-state index >= 15 is 0 Å². The van der Waals surface area contributed by atoms with E-state index in [0.29, 0.717) is 42.2 Å². The van der Waals surface area contributed by atoms with Crippen molar-refractivity contribution in [2.24, 2.45) is 10.9 Å². The Hall–Kier alpha value is -3.60. The Morgan fingerprint density at radius 1 is 1.27 bits per heavy atom. The summed E-state index contributed by atoms with van der Waals surface area (Å²) in [4.78, 5) is 36.2. The number of ether oxygens (including phenoxy) is 1. The number of fused-ring (bicyclic) bond motifs is 5. The molecular formula is C27H31N5O5. The number of benzene rings is 1. The molecule has 0 bridgehead atoms. The van der Waals surface area contributed by atoms with Gasteiger partial charge in [-0.3, -0.25) is 4.79 Å². The zero-order valence-corrected chi connectivity index (χ0v) is 20.8. The zero-order valence-electron chi connectivity index (χ0n) is 20.8. The number of esters is 1. The predicted molar refractivity (Wildman–Crippen MR) is 139 cm³/mol. The second-order valence-electron chi connectivity index (χ2n) is 9.29. The molecule has 0 radical (unpaired) electrons. The van der Waals surface area contributed by atoms with Crippen molar-refractivity contribution in [2.75, 3.05) is 26.2 Å². The smallest absolute Gasteiger partial charge is 0.343 e. The van der Waals surface area contributed by atoms with E-state index in [2.05, 4.69) is 10.5 Å². The highest BCUT2D eigenvalue weighted by Crippen LogP contribution is 2.39. The summed E-state index contributed by atoms with van der Waals surface area (Å²) in [6, 6.07) is 9.40. The van der Waals surface area contributed by atoms with E-state index in [1.165, 1.54) is 0 Å². The fourth-order valence-corrected chi connectivity index (χ4v) is 4.99. The lowest BCUT2D eigenvalue weighted by Gasteiger charge is -2.31. The average molecular weight is 506 g/mol. The quantitative estimate of drug-likeness (QED) is 0.128. The first-order valence-electron chi connectivity index (χ1n) is 12.6. The van der Waals surface area contributed by atoms with Crippen LogP contribution in [0.3, 0.4) is 0 Å². The normalized spacial score (nSPS) is 18.1. The lowest BCUT2D eigenvalue weighted by molar-refractivity contribution is -0.172. The molecule has 2 aliphatic heterocycles. The van der Waals surface area contributed by atoms with E-state index in [9.17, 15) is 14.7 Å². The van der Waals surface area contributed by atoms with Gasteiger partial charge in [0.05, 0.1) is 35.2 Å². The predicted octanol–water partition coefficient (Wildman–Crippen LogP) is 1.76. The van der Waals surface area contributed by atoms with Crippen LogP contribution >= 0.6 is 0 Å². The number of aromatic nitrogens is 2. The number of carbonyl (C=O) groups excluding carboxylic acids is 1. The third-order valence-corrected chi connectivity index (χ3v) is 7.07. The standard InChI is InChI=1S/C27H31N5O5/c1-2-27(35)21-13-23-24-19(15-32(23)25(33)20(21)16-36-26(27)34)18(17-7-3-4-8-22(17)31-24)14-30-37-12-11-29-10-6-5-9-28/h3-4,7-8,13-14,29,35H,2,5-6,9-12,15-16,28H2,1H3/b30-14+/t27-/m0/s1. The van der Waals surface area contributed by atoms with Crippen LogP contribution in [0.1, 0.15) is 48.4 Å². The summed E-state index contributed by atoms with van der Waals surface area (Å²) in [6.07, 6.45) is 3.77. The van der Waals surface area contributed by atoms with E-state index in [-0.39, 0.29) is 25.1 Å². The Morgan fingerprint density at radius 2 is 2.11 bits per heavy atom. The molecule has 1 atom stereocenters. The van der Waals surface area contributed by atoms with E-state index in [1.54, 1.807) is 23.8 Å². The summed E-state index contributed by atoms with van der Waals surface area (Å²) in [6.45, 7) is 4.47. The van der Waals surface area contributed by atoms with Gasteiger partial charge < -0.3 is 30.3 Å². The third-order valence-electron chi connectivity index (χ3n) is 7.07. The molecule has 0 unspecified atom stereocenters. The number of unbranched alkanes of at least 4 members (excludes halogenated alkanes) is 1. The minimum absolute atomic E-state index is 0.0941. The number of nitrogens with one attached hydrogen (secondary N) is 1. The Bertz CT molecular complexity index is 1430. The fourth-order valence-electron chi connectivity index (χ4n) is 4.99. The maximum Gasteiger partial charge on any atom is 0.343 e. The Kier molecular flexibility index (Phi) is 7.05. The number of nitrogens with two attached hydrogens (primary N) is 1. The van der Waals surface area contributed by atoms with E-state index in [4.69, 9.17) is 20.3 Å². The molecule has 2 aliphatic rings. The molecule has 0 amide bonds. The second-order valence-corrected chi connectivity index (χ2v) is 9.29. The van der Waals surface area contributed by atoms with Crippen molar-refractivity contribution in [3.8, 4) is 11.4 Å². The van der Waals surface area contributed by atoms with Crippen LogP contribution in [0.2, 0.25) is 0 Å². The first-order valence-corrected chi connectivity index (χ1v) is 12.6. The van der Waals surface area contributed by atoms with Gasteiger partial charge in [-0.2, -0.15) is 0 Å². The number of rotatable bonds is 10. The van der Waals surface area contributed by atoms with Crippen molar-refractivity contribution in [2.45, 2.75) is 44.9 Å². The number of nitrogens with zero attached hydrogens (tertiary/aromatic N) is 3. The number of carbonyl (C=O) groups is 1. The lowest BCUT2D eigenvalue weighted by Crippen LogP contribution is -2.44. The highest BCUT2D eigenvalue weighted by Gasteiger charge is 2.45. The molecule has 5 rings (SSSR count). The molecule has 0 saturated heterocycles. The van der Waals surface area contributed by atoms with Crippen LogP contribution in [0.4, 0.5) is 0 Å². The van der Waals surface area contributed by atoms with Crippen LogP contribution in [0.25, 0.3) is 22.3 Å². The first kappa shape index (κ1) is 25.1. The maximum absolute atomic E-state index is 13.5. The summed E-state index contributed by atoms with van der Waals surface area (Å²) in [5.74, 6) is -0.740. The Balaban J connectivity index is 1.49. The highest BCUT2D eigenvalue weighted by molar-refractivity contribution is 6.02. The van der Waals surface area contributed by atoms with Crippen LogP contribution in [-0.2, 0) is 33.1 Å². The number of oxime groups is 1. The summed E-state index contributed by atoms with van der Waals surface area (Å²) >= 11 is 0. The summed E-state index contributed by atoms with van der Waals surface area (Å²) in [5, 5.41) is 19.5. The molecule has 37 heavy (non-hydrogen) atoms. The van der Waals surface area contributed by atoms with Gasteiger partial charge in [0.25, 0.3) is 5.56 Å². The molecule has 3 aromatic rings.